The van der Waals surface area contributed by atoms with Gasteiger partial charge in [-0.15, -0.1) is 0 Å². The molecule has 1 unspecified atom stereocenters. The van der Waals surface area contributed by atoms with Crippen LogP contribution in [0.1, 0.15) is 32.6 Å². The van der Waals surface area contributed by atoms with Crippen molar-refractivity contribution in [3.05, 3.63) is 47.9 Å². The van der Waals surface area contributed by atoms with Crippen LogP contribution in [0.25, 0.3) is 10.9 Å². The van der Waals surface area contributed by atoms with Crippen molar-refractivity contribution >= 4 is 22.7 Å². The Balaban J connectivity index is 1.05. The van der Waals surface area contributed by atoms with Gasteiger partial charge in [0.25, 0.3) is 0 Å². The lowest BCUT2D eigenvalue weighted by molar-refractivity contribution is -0.152. The average molecular weight is 451 g/mol. The van der Waals surface area contributed by atoms with E-state index in [0.717, 1.165) is 25.7 Å². The van der Waals surface area contributed by atoms with E-state index in [0.29, 0.717) is 22.6 Å². The lowest BCUT2D eigenvalue weighted by Crippen LogP contribution is -2.84. The van der Waals surface area contributed by atoms with Gasteiger partial charge in [0.15, 0.2) is 0 Å². The number of allylic oxidation sites excluding steroid dienone is 1. The third-order valence-corrected chi connectivity index (χ3v) is 7.86. The molecule has 5 aliphatic rings. The molecule has 0 saturated heterocycles. The first kappa shape index (κ1) is 20.6. The van der Waals surface area contributed by atoms with E-state index in [9.17, 15) is 14.0 Å². The van der Waals surface area contributed by atoms with Crippen molar-refractivity contribution in [2.24, 2.45) is 17.8 Å². The van der Waals surface area contributed by atoms with Crippen molar-refractivity contribution < 1.29 is 23.8 Å². The fraction of sp³-hybridized carbons (Fsp3) is 0.480. The molecule has 33 heavy (non-hydrogen) atoms. The van der Waals surface area contributed by atoms with Crippen LogP contribution in [0.2, 0.25) is 0 Å². The molecule has 2 aromatic rings. The number of carbonyl (C=O) groups is 2. The van der Waals surface area contributed by atoms with Crippen LogP contribution in [0.3, 0.4) is 0 Å². The molecule has 0 radical (unpaired) electrons. The summed E-state index contributed by atoms with van der Waals surface area (Å²) in [6, 6.07) is 6.24. The summed E-state index contributed by atoms with van der Waals surface area (Å²) < 4.78 is 19.9. The first-order valence-corrected chi connectivity index (χ1v) is 11.5. The van der Waals surface area contributed by atoms with Gasteiger partial charge in [-0.05, 0) is 67.9 Å². The molecular weight excluding hydrogens is 425 g/mol. The molecule has 4 saturated carbocycles. The molecule has 7 nitrogen and oxygen atoms in total. The van der Waals surface area contributed by atoms with Crippen molar-refractivity contribution in [3.63, 3.8) is 0 Å². The van der Waals surface area contributed by atoms with Crippen molar-refractivity contribution in [2.45, 2.75) is 49.8 Å². The van der Waals surface area contributed by atoms with Gasteiger partial charge in [-0.2, -0.15) is 0 Å². The second kappa shape index (κ2) is 7.00. The van der Waals surface area contributed by atoms with E-state index in [1.54, 1.807) is 18.3 Å². The molecule has 1 aromatic heterocycles. The van der Waals surface area contributed by atoms with Crippen molar-refractivity contribution in [2.75, 3.05) is 6.61 Å². The summed E-state index contributed by atoms with van der Waals surface area (Å²) >= 11 is 0. The smallest absolute Gasteiger partial charge is 0.246 e. The van der Waals surface area contributed by atoms with Crippen molar-refractivity contribution in [1.29, 1.82) is 0 Å². The topological polar surface area (TPSA) is 101 Å². The zero-order valence-corrected chi connectivity index (χ0v) is 18.3. The normalized spacial score (nSPS) is 33.8. The van der Waals surface area contributed by atoms with Gasteiger partial charge in [-0.25, -0.2) is 4.39 Å². The molecule has 2 bridgehead atoms. The van der Waals surface area contributed by atoms with Crippen LogP contribution >= 0.6 is 0 Å². The number of aliphatic hydroxyl groups is 1. The molecule has 2 amide bonds. The number of aromatic nitrogens is 1. The van der Waals surface area contributed by atoms with Crippen LogP contribution in [0.5, 0.6) is 5.75 Å². The lowest BCUT2D eigenvalue weighted by atomic mass is 9.44. The minimum Gasteiger partial charge on any atom is -0.486 e. The summed E-state index contributed by atoms with van der Waals surface area (Å²) in [5.41, 5.74) is 1.53. The van der Waals surface area contributed by atoms with Crippen LogP contribution < -0.4 is 15.4 Å². The third-order valence-electron chi connectivity index (χ3n) is 7.86. The van der Waals surface area contributed by atoms with Gasteiger partial charge >= 0.3 is 0 Å². The predicted molar refractivity (Wildman–Crippen MR) is 118 cm³/mol. The Kier molecular flexibility index (Phi) is 4.37. The molecule has 3 N–H and O–H groups in total. The molecule has 8 heteroatoms. The van der Waals surface area contributed by atoms with Gasteiger partial charge in [-0.3, -0.25) is 14.6 Å². The van der Waals surface area contributed by atoms with Gasteiger partial charge in [0.1, 0.15) is 24.3 Å². The Morgan fingerprint density at radius 1 is 1.24 bits per heavy atom. The number of amides is 2. The van der Waals surface area contributed by atoms with Gasteiger partial charge in [0.2, 0.25) is 11.8 Å². The maximum absolute atomic E-state index is 13.7. The van der Waals surface area contributed by atoms with E-state index in [4.69, 9.17) is 9.84 Å². The molecule has 4 atom stereocenters. The lowest BCUT2D eigenvalue weighted by Gasteiger charge is -2.70. The second-order valence-corrected chi connectivity index (χ2v) is 10.2. The first-order chi connectivity index (χ1) is 15.8. The Bertz CT molecular complexity index is 1190. The van der Waals surface area contributed by atoms with E-state index in [-0.39, 0.29) is 46.6 Å². The Hall–Kier alpha value is -3.00. The summed E-state index contributed by atoms with van der Waals surface area (Å²) in [4.78, 5) is 28.6. The molecule has 0 spiro atoms. The van der Waals surface area contributed by atoms with E-state index in [1.165, 1.54) is 17.7 Å². The maximum Gasteiger partial charge on any atom is 0.246 e. The number of nitrogens with zero attached hydrogens (tertiary/aromatic N) is 1. The number of nitrogens with one attached hydrogen (secondary N) is 2. The Labute approximate surface area is 190 Å². The van der Waals surface area contributed by atoms with Gasteiger partial charge < -0.3 is 20.5 Å². The van der Waals surface area contributed by atoms with Gasteiger partial charge in [0, 0.05) is 28.6 Å². The monoisotopic (exact) mass is 451 g/mol. The molecule has 172 valence electrons. The zero-order valence-electron chi connectivity index (χ0n) is 18.3. The fourth-order valence-electron chi connectivity index (χ4n) is 6.42. The fourth-order valence-corrected chi connectivity index (χ4v) is 6.42. The minimum absolute atomic E-state index is 0.0603. The van der Waals surface area contributed by atoms with Crippen molar-refractivity contribution in [1.82, 2.24) is 15.6 Å². The van der Waals surface area contributed by atoms with Crippen LogP contribution in [-0.4, -0.2) is 45.7 Å². The number of hydrogen-bond donors (Lipinski definition) is 3. The number of fused-ring (bicyclic) bond motifs is 2. The third kappa shape index (κ3) is 3.30. The molecule has 0 aliphatic heterocycles. The molecular formula is C25H26FN3O4. The number of aliphatic hydroxyl groups excluding tert-OH is 1. The van der Waals surface area contributed by atoms with Crippen LogP contribution in [0.15, 0.2) is 42.1 Å². The highest BCUT2D eigenvalue weighted by Crippen LogP contribution is 2.61. The van der Waals surface area contributed by atoms with Crippen LogP contribution in [0, 0.1) is 23.6 Å². The van der Waals surface area contributed by atoms with E-state index >= 15 is 0 Å². The number of pyridine rings is 1. The molecule has 4 fully saturated rings. The minimum atomic E-state index is -0.505. The highest BCUT2D eigenvalue weighted by molar-refractivity contribution is 5.85. The predicted octanol–water partition coefficient (Wildman–Crippen LogP) is 2.23. The summed E-state index contributed by atoms with van der Waals surface area (Å²) in [7, 11) is 0. The number of ether oxygens (including phenoxy) is 1. The highest BCUT2D eigenvalue weighted by atomic mass is 19.1. The number of halogens is 1. The van der Waals surface area contributed by atoms with Crippen molar-refractivity contribution in [3.8, 4) is 5.75 Å². The Morgan fingerprint density at radius 3 is 2.70 bits per heavy atom. The zero-order chi connectivity index (χ0) is 23.0. The highest BCUT2D eigenvalue weighted by Gasteiger charge is 2.69. The first-order valence-electron chi connectivity index (χ1n) is 11.5. The number of hydrogen-bond acceptors (Lipinski definition) is 5. The summed E-state index contributed by atoms with van der Waals surface area (Å²) in [5, 5.41) is 15.6. The van der Waals surface area contributed by atoms with E-state index in [2.05, 4.69) is 21.7 Å². The number of carbonyl (C=O) groups excluding carboxylic acids is 2. The maximum atomic E-state index is 13.7. The standard InChI is InChI=1S/C25H26FN3O4/c1-13(23(32)29-25-10-24(11-25,12-25)28-21(31)9-30)22-16-7-15(8-17(16)22)33-20-4-5-27-19-3-2-14(26)6-18(19)20/h2-7,13,15,17,22,30H,8-12H2,1H3,(H,28,31)(H,29,32)/t13?,15-,17+,22+,24?,25?/m0/s1. The van der Waals surface area contributed by atoms with Gasteiger partial charge in [0.05, 0.1) is 5.52 Å². The molecule has 1 aromatic carbocycles. The summed E-state index contributed by atoms with van der Waals surface area (Å²) in [6.45, 7) is 1.47. The van der Waals surface area contributed by atoms with E-state index in [1.807, 2.05) is 6.92 Å². The second-order valence-electron chi connectivity index (χ2n) is 10.2. The quantitative estimate of drug-likeness (QED) is 0.561. The summed E-state index contributed by atoms with van der Waals surface area (Å²) in [5.74, 6) is 0.479. The van der Waals surface area contributed by atoms with Crippen LogP contribution in [-0.2, 0) is 9.59 Å². The van der Waals surface area contributed by atoms with Gasteiger partial charge in [-0.1, -0.05) is 12.5 Å². The Morgan fingerprint density at radius 2 is 2.00 bits per heavy atom. The average Bonchev–Trinajstić information content (AvgIpc) is 3.25. The number of rotatable bonds is 7. The SMILES string of the molecule is CC(C(=O)NC12CC(NC(=O)CO)(C1)C2)[C@@H]1C2=C[C@H](Oc3ccnc4ccc(F)cc34)C[C@H]21. The number of benzene rings is 1. The molecule has 1 heterocycles. The van der Waals surface area contributed by atoms with E-state index < -0.39 is 6.61 Å². The molecule has 7 rings (SSSR count). The molecule has 5 aliphatic carbocycles. The van der Waals surface area contributed by atoms with Crippen LogP contribution in [0.4, 0.5) is 4.39 Å². The summed E-state index contributed by atoms with van der Waals surface area (Å²) in [6.07, 6.45) is 6.71. The largest absolute Gasteiger partial charge is 0.486 e.